The van der Waals surface area contributed by atoms with Crippen LogP contribution in [0.5, 0.6) is 5.75 Å². The predicted octanol–water partition coefficient (Wildman–Crippen LogP) is 4.38. The van der Waals surface area contributed by atoms with Crippen molar-refractivity contribution >= 4 is 11.9 Å². The first-order valence-corrected chi connectivity index (χ1v) is 6.38. The average Bonchev–Trinajstić information content (AvgIpc) is 2.30. The van der Waals surface area contributed by atoms with Crippen molar-refractivity contribution in [3.05, 3.63) is 58.1 Å². The third-order valence-corrected chi connectivity index (χ3v) is 3.03. The summed E-state index contributed by atoms with van der Waals surface area (Å²) in [6, 6.07) is 10.1. The molecule has 98 valence electrons. The maximum absolute atomic E-state index is 10.0. The summed E-state index contributed by atoms with van der Waals surface area (Å²) in [5.41, 5.74) is 6.06. The number of aryl methyl sites for hydroxylation is 4. The molecule has 0 fully saturated rings. The number of benzene rings is 2. The molecular formula is C17H19NO. The van der Waals surface area contributed by atoms with Crippen molar-refractivity contribution in [1.29, 1.82) is 0 Å². The zero-order valence-corrected chi connectivity index (χ0v) is 11.9. The Labute approximate surface area is 114 Å². The molecule has 0 aromatic heterocycles. The van der Waals surface area contributed by atoms with E-state index >= 15 is 0 Å². The predicted molar refractivity (Wildman–Crippen MR) is 80.8 cm³/mol. The van der Waals surface area contributed by atoms with Gasteiger partial charge in [-0.1, -0.05) is 12.1 Å². The molecule has 0 atom stereocenters. The SMILES string of the molecule is Cc1cc(C)cc(N=Cc2cc(C)cc(C)c2O)c1. The Hall–Kier alpha value is -2.09. The molecule has 0 saturated heterocycles. The highest BCUT2D eigenvalue weighted by atomic mass is 16.3. The largest absolute Gasteiger partial charge is 0.507 e. The van der Waals surface area contributed by atoms with E-state index < -0.39 is 0 Å². The maximum atomic E-state index is 10.0. The molecule has 0 bridgehead atoms. The minimum Gasteiger partial charge on any atom is -0.507 e. The van der Waals surface area contributed by atoms with Gasteiger partial charge in [0.15, 0.2) is 0 Å². The van der Waals surface area contributed by atoms with E-state index in [1.54, 1.807) is 6.21 Å². The number of nitrogens with zero attached hydrogens (tertiary/aromatic N) is 1. The normalized spacial score (nSPS) is 11.2. The minimum absolute atomic E-state index is 0.304. The van der Waals surface area contributed by atoms with E-state index in [9.17, 15) is 5.11 Å². The standard InChI is InChI=1S/C17H19NO/c1-11-5-12(2)9-16(8-11)18-10-15-7-13(3)6-14(4)17(15)19/h5-10,19H,1-4H3. The molecular weight excluding hydrogens is 234 g/mol. The van der Waals surface area contributed by atoms with Crippen LogP contribution in [0.2, 0.25) is 0 Å². The number of rotatable bonds is 2. The van der Waals surface area contributed by atoms with Crippen molar-refractivity contribution in [2.24, 2.45) is 4.99 Å². The Morgan fingerprint density at radius 1 is 0.842 bits per heavy atom. The van der Waals surface area contributed by atoms with E-state index in [4.69, 9.17) is 0 Å². The molecule has 2 aromatic carbocycles. The molecule has 2 nitrogen and oxygen atoms in total. The van der Waals surface area contributed by atoms with E-state index in [1.165, 1.54) is 11.1 Å². The molecule has 0 aliphatic carbocycles. The Balaban J connectivity index is 2.37. The van der Waals surface area contributed by atoms with Crippen LogP contribution in [0.25, 0.3) is 0 Å². The van der Waals surface area contributed by atoms with Crippen LogP contribution in [-0.2, 0) is 0 Å². The minimum atomic E-state index is 0.304. The average molecular weight is 253 g/mol. The third kappa shape index (κ3) is 3.22. The summed E-state index contributed by atoms with van der Waals surface area (Å²) >= 11 is 0. The summed E-state index contributed by atoms with van der Waals surface area (Å²) < 4.78 is 0. The molecule has 0 unspecified atom stereocenters. The molecule has 0 saturated carbocycles. The lowest BCUT2D eigenvalue weighted by atomic mass is 10.1. The monoisotopic (exact) mass is 253 g/mol. The lowest BCUT2D eigenvalue weighted by Crippen LogP contribution is -1.88. The number of phenols is 1. The molecule has 0 aliphatic heterocycles. The quantitative estimate of drug-likeness (QED) is 0.792. The first-order chi connectivity index (χ1) is 8.95. The van der Waals surface area contributed by atoms with Gasteiger partial charge in [0.1, 0.15) is 5.75 Å². The molecule has 0 spiro atoms. The van der Waals surface area contributed by atoms with E-state index in [0.717, 1.165) is 22.4 Å². The van der Waals surface area contributed by atoms with Crippen molar-refractivity contribution in [1.82, 2.24) is 0 Å². The molecule has 2 heteroatoms. The van der Waals surface area contributed by atoms with Gasteiger partial charge < -0.3 is 5.11 Å². The van der Waals surface area contributed by atoms with Gasteiger partial charge >= 0.3 is 0 Å². The fourth-order valence-electron chi connectivity index (χ4n) is 2.26. The first-order valence-electron chi connectivity index (χ1n) is 6.38. The van der Waals surface area contributed by atoms with Crippen LogP contribution in [0.1, 0.15) is 27.8 Å². The zero-order valence-electron chi connectivity index (χ0n) is 11.9. The van der Waals surface area contributed by atoms with Crippen molar-refractivity contribution in [2.45, 2.75) is 27.7 Å². The Morgan fingerprint density at radius 2 is 1.42 bits per heavy atom. The fraction of sp³-hybridized carbons (Fsp3) is 0.235. The Kier molecular flexibility index (Phi) is 3.70. The van der Waals surface area contributed by atoms with E-state index in [2.05, 4.69) is 24.9 Å². The van der Waals surface area contributed by atoms with Gasteiger partial charge in [0.05, 0.1) is 5.69 Å². The topological polar surface area (TPSA) is 32.6 Å². The van der Waals surface area contributed by atoms with Gasteiger partial charge in [-0.2, -0.15) is 0 Å². The van der Waals surface area contributed by atoms with Crippen LogP contribution in [0.3, 0.4) is 0 Å². The second-order valence-electron chi connectivity index (χ2n) is 5.12. The van der Waals surface area contributed by atoms with Crippen LogP contribution in [0.4, 0.5) is 5.69 Å². The van der Waals surface area contributed by atoms with Gasteiger partial charge in [0.2, 0.25) is 0 Å². The number of aliphatic imine (C=N–C) groups is 1. The summed E-state index contributed by atoms with van der Waals surface area (Å²) in [5.74, 6) is 0.304. The molecule has 1 N–H and O–H groups in total. The highest BCUT2D eigenvalue weighted by Gasteiger charge is 2.03. The van der Waals surface area contributed by atoms with E-state index in [1.807, 2.05) is 38.1 Å². The molecule has 2 aromatic rings. The lowest BCUT2D eigenvalue weighted by Gasteiger charge is -2.05. The van der Waals surface area contributed by atoms with Crippen molar-refractivity contribution in [3.8, 4) is 5.75 Å². The summed E-state index contributed by atoms with van der Waals surface area (Å²) in [6.07, 6.45) is 1.73. The summed E-state index contributed by atoms with van der Waals surface area (Å²) in [4.78, 5) is 4.46. The fourth-order valence-corrected chi connectivity index (χ4v) is 2.26. The smallest absolute Gasteiger partial charge is 0.127 e. The van der Waals surface area contributed by atoms with Gasteiger partial charge in [0.25, 0.3) is 0 Å². The Morgan fingerprint density at radius 3 is 2.05 bits per heavy atom. The van der Waals surface area contributed by atoms with E-state index in [0.29, 0.717) is 5.75 Å². The number of hydrogen-bond donors (Lipinski definition) is 1. The number of phenolic OH excluding ortho intramolecular Hbond substituents is 1. The van der Waals surface area contributed by atoms with Crippen molar-refractivity contribution in [2.75, 3.05) is 0 Å². The maximum Gasteiger partial charge on any atom is 0.127 e. The van der Waals surface area contributed by atoms with Gasteiger partial charge in [-0.15, -0.1) is 0 Å². The third-order valence-electron chi connectivity index (χ3n) is 3.03. The van der Waals surface area contributed by atoms with E-state index in [-0.39, 0.29) is 0 Å². The zero-order chi connectivity index (χ0) is 14.0. The summed E-state index contributed by atoms with van der Waals surface area (Å²) in [6.45, 7) is 8.03. The molecule has 2 rings (SSSR count). The van der Waals surface area contributed by atoms with Gasteiger partial charge in [-0.25, -0.2) is 0 Å². The second-order valence-corrected chi connectivity index (χ2v) is 5.12. The summed E-state index contributed by atoms with van der Waals surface area (Å²) in [5, 5.41) is 10.0. The highest BCUT2D eigenvalue weighted by molar-refractivity contribution is 5.86. The highest BCUT2D eigenvalue weighted by Crippen LogP contribution is 2.23. The Bertz CT molecular complexity index is 622. The van der Waals surface area contributed by atoms with Crippen LogP contribution >= 0.6 is 0 Å². The molecule has 0 heterocycles. The van der Waals surface area contributed by atoms with Crippen LogP contribution in [-0.4, -0.2) is 11.3 Å². The number of aromatic hydroxyl groups is 1. The molecule has 19 heavy (non-hydrogen) atoms. The van der Waals surface area contributed by atoms with Crippen molar-refractivity contribution < 1.29 is 5.11 Å². The van der Waals surface area contributed by atoms with Gasteiger partial charge in [-0.05, 0) is 68.1 Å². The van der Waals surface area contributed by atoms with Crippen LogP contribution < -0.4 is 0 Å². The second kappa shape index (κ2) is 5.27. The van der Waals surface area contributed by atoms with Gasteiger partial charge in [-0.3, -0.25) is 4.99 Å². The van der Waals surface area contributed by atoms with Crippen LogP contribution in [0.15, 0.2) is 35.3 Å². The van der Waals surface area contributed by atoms with Crippen LogP contribution in [0, 0.1) is 27.7 Å². The van der Waals surface area contributed by atoms with Crippen molar-refractivity contribution in [3.63, 3.8) is 0 Å². The number of hydrogen-bond acceptors (Lipinski definition) is 2. The molecule has 0 aliphatic rings. The molecule has 0 radical (unpaired) electrons. The first kappa shape index (κ1) is 13.3. The van der Waals surface area contributed by atoms with Gasteiger partial charge in [0, 0.05) is 11.8 Å². The lowest BCUT2D eigenvalue weighted by molar-refractivity contribution is 0.470. The molecule has 0 amide bonds. The summed E-state index contributed by atoms with van der Waals surface area (Å²) in [7, 11) is 0.